The lowest BCUT2D eigenvalue weighted by Crippen LogP contribution is -2.46. The summed E-state index contributed by atoms with van der Waals surface area (Å²) in [4.78, 5) is 12.2. The fraction of sp³-hybridized carbons (Fsp3) is 0.562. The van der Waals surface area contributed by atoms with Gasteiger partial charge in [-0.2, -0.15) is 0 Å². The Morgan fingerprint density at radius 2 is 2.30 bits per heavy atom. The van der Waals surface area contributed by atoms with Crippen molar-refractivity contribution >= 4 is 5.91 Å². The first-order valence-electron chi connectivity index (χ1n) is 7.52. The van der Waals surface area contributed by atoms with Crippen LogP contribution in [0.1, 0.15) is 36.5 Å². The maximum absolute atomic E-state index is 12.2. The predicted octanol–water partition coefficient (Wildman–Crippen LogP) is 1.56. The highest BCUT2D eigenvalue weighted by Crippen LogP contribution is 2.29. The van der Waals surface area contributed by atoms with Gasteiger partial charge in [0.05, 0.1) is 19.1 Å². The Kier molecular flexibility index (Phi) is 4.33. The molecule has 4 heteroatoms. The molecule has 20 heavy (non-hydrogen) atoms. The monoisotopic (exact) mass is 274 g/mol. The predicted molar refractivity (Wildman–Crippen MR) is 77.5 cm³/mol. The topological polar surface area (TPSA) is 50.4 Å². The highest BCUT2D eigenvalue weighted by molar-refractivity contribution is 5.77. The second-order valence-electron chi connectivity index (χ2n) is 5.62. The largest absolute Gasteiger partial charge is 0.373 e. The molecular weight excluding hydrogens is 252 g/mol. The Bertz CT molecular complexity index is 469. The molecule has 2 N–H and O–H groups in total. The zero-order valence-electron chi connectivity index (χ0n) is 11.7. The van der Waals surface area contributed by atoms with Gasteiger partial charge in [0.25, 0.3) is 0 Å². The summed E-state index contributed by atoms with van der Waals surface area (Å²) in [5.74, 6) is 0.0976. The number of hydrogen-bond acceptors (Lipinski definition) is 3. The van der Waals surface area contributed by atoms with E-state index in [-0.39, 0.29) is 18.1 Å². The van der Waals surface area contributed by atoms with Crippen LogP contribution >= 0.6 is 0 Å². The average molecular weight is 274 g/mol. The van der Waals surface area contributed by atoms with E-state index in [0.29, 0.717) is 13.0 Å². The summed E-state index contributed by atoms with van der Waals surface area (Å²) in [5, 5.41) is 6.43. The van der Waals surface area contributed by atoms with Gasteiger partial charge in [0.15, 0.2) is 0 Å². The highest BCUT2D eigenvalue weighted by Gasteiger charge is 2.24. The molecule has 108 valence electrons. The molecule has 0 aliphatic carbocycles. The van der Waals surface area contributed by atoms with Gasteiger partial charge in [-0.05, 0) is 36.9 Å². The molecule has 0 saturated carbocycles. The lowest BCUT2D eigenvalue weighted by atomic mass is 9.95. The van der Waals surface area contributed by atoms with E-state index in [4.69, 9.17) is 4.74 Å². The van der Waals surface area contributed by atoms with Gasteiger partial charge in [0.2, 0.25) is 5.91 Å². The minimum atomic E-state index is -0.0866. The van der Waals surface area contributed by atoms with E-state index in [1.54, 1.807) is 0 Å². The molecule has 1 fully saturated rings. The van der Waals surface area contributed by atoms with Crippen LogP contribution in [0.2, 0.25) is 0 Å². The van der Waals surface area contributed by atoms with Crippen LogP contribution in [0.25, 0.3) is 0 Å². The van der Waals surface area contributed by atoms with E-state index in [0.717, 1.165) is 32.4 Å². The zero-order chi connectivity index (χ0) is 13.8. The minimum Gasteiger partial charge on any atom is -0.373 e. The van der Waals surface area contributed by atoms with Crippen molar-refractivity contribution < 1.29 is 9.53 Å². The summed E-state index contributed by atoms with van der Waals surface area (Å²) in [6, 6.07) is 8.55. The van der Waals surface area contributed by atoms with Crippen LogP contribution in [0.15, 0.2) is 24.3 Å². The van der Waals surface area contributed by atoms with Crippen molar-refractivity contribution in [2.24, 2.45) is 0 Å². The molecule has 2 aliphatic rings. The van der Waals surface area contributed by atoms with E-state index >= 15 is 0 Å². The normalized spacial score (nSPS) is 25.8. The summed E-state index contributed by atoms with van der Waals surface area (Å²) >= 11 is 0. The van der Waals surface area contributed by atoms with E-state index in [9.17, 15) is 4.79 Å². The molecule has 0 spiro atoms. The van der Waals surface area contributed by atoms with Crippen molar-refractivity contribution in [2.75, 3.05) is 19.7 Å². The van der Waals surface area contributed by atoms with Crippen LogP contribution in [0.5, 0.6) is 0 Å². The van der Waals surface area contributed by atoms with Gasteiger partial charge in [0.1, 0.15) is 0 Å². The summed E-state index contributed by atoms with van der Waals surface area (Å²) in [7, 11) is 0. The molecule has 0 aromatic heterocycles. The second kappa shape index (κ2) is 6.37. The molecule has 4 nitrogen and oxygen atoms in total. The van der Waals surface area contributed by atoms with Gasteiger partial charge in [-0.3, -0.25) is 4.79 Å². The summed E-state index contributed by atoms with van der Waals surface area (Å²) < 4.78 is 5.79. The standard InChI is InChI=1S/C16H22N2O2/c19-16(18-13-5-3-8-17-11-13)10-15-14-6-2-1-4-12(14)7-9-20-15/h1-2,4,6,13,15,17H,3,5,7-11H2,(H,18,19). The first kappa shape index (κ1) is 13.6. The van der Waals surface area contributed by atoms with Crippen molar-refractivity contribution in [1.29, 1.82) is 0 Å². The maximum Gasteiger partial charge on any atom is 0.223 e. The van der Waals surface area contributed by atoms with E-state index < -0.39 is 0 Å². The van der Waals surface area contributed by atoms with E-state index in [1.165, 1.54) is 11.1 Å². The summed E-state index contributed by atoms with van der Waals surface area (Å²) in [6.45, 7) is 2.65. The fourth-order valence-corrected chi connectivity index (χ4v) is 3.08. The fourth-order valence-electron chi connectivity index (χ4n) is 3.08. The van der Waals surface area contributed by atoms with Gasteiger partial charge in [-0.25, -0.2) is 0 Å². The number of ether oxygens (including phenoxy) is 1. The lowest BCUT2D eigenvalue weighted by Gasteiger charge is -2.28. The van der Waals surface area contributed by atoms with Gasteiger partial charge in [-0.15, -0.1) is 0 Å². The first-order valence-corrected chi connectivity index (χ1v) is 7.52. The van der Waals surface area contributed by atoms with Gasteiger partial charge >= 0.3 is 0 Å². The second-order valence-corrected chi connectivity index (χ2v) is 5.62. The number of piperidine rings is 1. The molecule has 2 unspecified atom stereocenters. The molecule has 2 heterocycles. The molecule has 0 radical (unpaired) electrons. The van der Waals surface area contributed by atoms with Gasteiger partial charge < -0.3 is 15.4 Å². The van der Waals surface area contributed by atoms with Crippen LogP contribution < -0.4 is 10.6 Å². The number of benzene rings is 1. The molecule has 2 atom stereocenters. The zero-order valence-corrected chi connectivity index (χ0v) is 11.7. The molecule has 0 bridgehead atoms. The van der Waals surface area contributed by atoms with Crippen molar-refractivity contribution in [3.8, 4) is 0 Å². The number of rotatable bonds is 3. The Labute approximate surface area is 119 Å². The van der Waals surface area contributed by atoms with Crippen molar-refractivity contribution in [3.63, 3.8) is 0 Å². The third-order valence-electron chi connectivity index (χ3n) is 4.13. The first-order chi connectivity index (χ1) is 9.83. The van der Waals surface area contributed by atoms with E-state index in [1.807, 2.05) is 6.07 Å². The van der Waals surface area contributed by atoms with E-state index in [2.05, 4.69) is 28.8 Å². The van der Waals surface area contributed by atoms with Gasteiger partial charge in [-0.1, -0.05) is 24.3 Å². The molecule has 1 aromatic rings. The van der Waals surface area contributed by atoms with Crippen LogP contribution in [-0.2, 0) is 16.0 Å². The minimum absolute atomic E-state index is 0.0866. The number of hydrogen-bond donors (Lipinski definition) is 2. The highest BCUT2D eigenvalue weighted by atomic mass is 16.5. The number of carbonyl (C=O) groups is 1. The third-order valence-corrected chi connectivity index (χ3v) is 4.13. The summed E-state index contributed by atoms with van der Waals surface area (Å²) in [6.07, 6.45) is 3.49. The smallest absolute Gasteiger partial charge is 0.223 e. The maximum atomic E-state index is 12.2. The van der Waals surface area contributed by atoms with Crippen LogP contribution in [-0.4, -0.2) is 31.6 Å². The molecule has 1 aromatic carbocycles. The SMILES string of the molecule is O=C(CC1OCCc2ccccc21)NC1CCCNC1. The number of nitrogens with one attached hydrogen (secondary N) is 2. The summed E-state index contributed by atoms with van der Waals surface area (Å²) in [5.41, 5.74) is 2.49. The molecular formula is C16H22N2O2. The molecule has 1 saturated heterocycles. The number of amides is 1. The van der Waals surface area contributed by atoms with Gasteiger partial charge in [0, 0.05) is 12.6 Å². The Morgan fingerprint density at radius 3 is 3.15 bits per heavy atom. The quantitative estimate of drug-likeness (QED) is 0.879. The molecule has 3 rings (SSSR count). The van der Waals surface area contributed by atoms with Crippen molar-refractivity contribution in [3.05, 3.63) is 35.4 Å². The van der Waals surface area contributed by atoms with Crippen LogP contribution in [0.4, 0.5) is 0 Å². The number of carbonyl (C=O) groups excluding carboxylic acids is 1. The molecule has 1 amide bonds. The Hall–Kier alpha value is -1.39. The van der Waals surface area contributed by atoms with Crippen LogP contribution in [0.3, 0.4) is 0 Å². The Balaban J connectivity index is 1.59. The van der Waals surface area contributed by atoms with Crippen LogP contribution in [0, 0.1) is 0 Å². The lowest BCUT2D eigenvalue weighted by molar-refractivity contribution is -0.125. The average Bonchev–Trinajstić information content (AvgIpc) is 2.48. The molecule has 2 aliphatic heterocycles. The van der Waals surface area contributed by atoms with Crippen molar-refractivity contribution in [1.82, 2.24) is 10.6 Å². The third kappa shape index (κ3) is 3.19. The van der Waals surface area contributed by atoms with Crippen molar-refractivity contribution in [2.45, 2.75) is 37.8 Å². The number of fused-ring (bicyclic) bond motifs is 1. The Morgan fingerprint density at radius 1 is 1.40 bits per heavy atom.